The van der Waals surface area contributed by atoms with E-state index in [9.17, 15) is 0 Å². The molecule has 1 N–H and O–H groups in total. The average molecular weight is 236 g/mol. The zero-order chi connectivity index (χ0) is 12.8. The van der Waals surface area contributed by atoms with Crippen LogP contribution in [0.2, 0.25) is 0 Å². The highest BCUT2D eigenvalue weighted by molar-refractivity contribution is 5.31. The highest BCUT2D eigenvalue weighted by atomic mass is 15.2. The van der Waals surface area contributed by atoms with Crippen molar-refractivity contribution in [2.75, 3.05) is 31.6 Å². The van der Waals surface area contributed by atoms with E-state index >= 15 is 0 Å². The Hall–Kier alpha value is -1.16. The van der Waals surface area contributed by atoms with Crippen LogP contribution in [0.15, 0.2) is 6.07 Å². The van der Waals surface area contributed by atoms with Gasteiger partial charge in [-0.15, -0.1) is 0 Å². The van der Waals surface area contributed by atoms with Gasteiger partial charge in [0.15, 0.2) is 0 Å². The number of likely N-dealkylation sites (N-methyl/N-ethyl adjacent to an activating group) is 2. The molecule has 0 amide bonds. The maximum atomic E-state index is 4.60. The number of nitrogens with zero attached hydrogens (tertiary/aromatic N) is 3. The summed E-state index contributed by atoms with van der Waals surface area (Å²) in [7, 11) is 2.04. The molecule has 0 aliphatic carbocycles. The van der Waals surface area contributed by atoms with Gasteiger partial charge in [0.05, 0.1) is 0 Å². The first-order valence-electron chi connectivity index (χ1n) is 6.32. The summed E-state index contributed by atoms with van der Waals surface area (Å²) < 4.78 is 0. The highest BCUT2D eigenvalue weighted by Gasteiger charge is 2.09. The Balaban J connectivity index is 2.75. The van der Waals surface area contributed by atoms with Crippen LogP contribution in [-0.2, 0) is 0 Å². The minimum atomic E-state index is 0.442. The third-order valence-electron chi connectivity index (χ3n) is 2.67. The molecule has 0 radical (unpaired) electrons. The Morgan fingerprint density at radius 2 is 2.06 bits per heavy atom. The van der Waals surface area contributed by atoms with Gasteiger partial charge in [-0.1, -0.05) is 20.8 Å². The predicted octanol–water partition coefficient (Wildman–Crippen LogP) is 1.95. The molecule has 1 heterocycles. The van der Waals surface area contributed by atoms with E-state index < -0.39 is 0 Å². The smallest absolute Gasteiger partial charge is 0.225 e. The molecule has 0 saturated heterocycles. The maximum absolute atomic E-state index is 4.60. The van der Waals surface area contributed by atoms with Gasteiger partial charge < -0.3 is 10.2 Å². The summed E-state index contributed by atoms with van der Waals surface area (Å²) in [6.07, 6.45) is 0. The number of nitrogens with one attached hydrogen (secondary N) is 1. The van der Waals surface area contributed by atoms with Crippen molar-refractivity contribution in [2.45, 2.75) is 33.6 Å². The van der Waals surface area contributed by atoms with Gasteiger partial charge >= 0.3 is 0 Å². The molecule has 0 fully saturated rings. The Bertz CT molecular complexity index is 349. The van der Waals surface area contributed by atoms with Crippen molar-refractivity contribution in [1.29, 1.82) is 0 Å². The van der Waals surface area contributed by atoms with Gasteiger partial charge in [-0.25, -0.2) is 9.97 Å². The molecule has 96 valence electrons. The molecule has 17 heavy (non-hydrogen) atoms. The number of anilines is 1. The SMILES string of the molecule is CCNCCN(C)c1nc(C)cc(C(C)C)n1. The lowest BCUT2D eigenvalue weighted by molar-refractivity contribution is 0.693. The van der Waals surface area contributed by atoms with E-state index in [1.54, 1.807) is 0 Å². The summed E-state index contributed by atoms with van der Waals surface area (Å²) in [5.74, 6) is 1.27. The minimum Gasteiger partial charge on any atom is -0.343 e. The van der Waals surface area contributed by atoms with Gasteiger partial charge in [0.25, 0.3) is 0 Å². The molecule has 0 aliphatic rings. The van der Waals surface area contributed by atoms with Crippen LogP contribution in [-0.4, -0.2) is 36.6 Å². The van der Waals surface area contributed by atoms with Crippen LogP contribution < -0.4 is 10.2 Å². The van der Waals surface area contributed by atoms with Crippen LogP contribution in [0.1, 0.15) is 38.1 Å². The zero-order valence-electron chi connectivity index (χ0n) is 11.6. The van der Waals surface area contributed by atoms with E-state index in [0.29, 0.717) is 5.92 Å². The molecule has 0 saturated carbocycles. The van der Waals surface area contributed by atoms with E-state index in [0.717, 1.165) is 37.0 Å². The molecule has 0 bridgehead atoms. The van der Waals surface area contributed by atoms with E-state index in [1.165, 1.54) is 0 Å². The third kappa shape index (κ3) is 4.30. The second-order valence-corrected chi connectivity index (χ2v) is 4.66. The van der Waals surface area contributed by atoms with E-state index in [2.05, 4.69) is 47.0 Å². The van der Waals surface area contributed by atoms with Gasteiger partial charge in [-0.05, 0) is 25.5 Å². The van der Waals surface area contributed by atoms with Crippen molar-refractivity contribution in [2.24, 2.45) is 0 Å². The fraction of sp³-hybridized carbons (Fsp3) is 0.692. The van der Waals surface area contributed by atoms with Crippen LogP contribution in [0.3, 0.4) is 0 Å². The number of rotatable bonds is 6. The van der Waals surface area contributed by atoms with Crippen molar-refractivity contribution in [3.63, 3.8) is 0 Å². The quantitative estimate of drug-likeness (QED) is 0.767. The maximum Gasteiger partial charge on any atom is 0.225 e. The monoisotopic (exact) mass is 236 g/mol. The molecule has 4 heteroatoms. The Labute approximate surface area is 104 Å². The van der Waals surface area contributed by atoms with Crippen LogP contribution in [0.5, 0.6) is 0 Å². The van der Waals surface area contributed by atoms with Gasteiger partial charge in [0, 0.05) is 31.5 Å². The van der Waals surface area contributed by atoms with Crippen LogP contribution >= 0.6 is 0 Å². The van der Waals surface area contributed by atoms with E-state index in [-0.39, 0.29) is 0 Å². The minimum absolute atomic E-state index is 0.442. The van der Waals surface area contributed by atoms with Crippen molar-refractivity contribution in [1.82, 2.24) is 15.3 Å². The van der Waals surface area contributed by atoms with Crippen molar-refractivity contribution >= 4 is 5.95 Å². The molecule has 0 aliphatic heterocycles. The number of aromatic nitrogens is 2. The molecule has 0 unspecified atom stereocenters. The lowest BCUT2D eigenvalue weighted by Crippen LogP contribution is -2.30. The van der Waals surface area contributed by atoms with Crippen molar-refractivity contribution < 1.29 is 0 Å². The first-order valence-corrected chi connectivity index (χ1v) is 6.32. The summed E-state index contributed by atoms with van der Waals surface area (Å²) >= 11 is 0. The van der Waals surface area contributed by atoms with Gasteiger partial charge in [0.2, 0.25) is 5.95 Å². The second-order valence-electron chi connectivity index (χ2n) is 4.66. The number of aryl methyl sites for hydroxylation is 1. The second kappa shape index (κ2) is 6.55. The Morgan fingerprint density at radius 3 is 2.65 bits per heavy atom. The average Bonchev–Trinajstić information content (AvgIpc) is 2.28. The predicted molar refractivity (Wildman–Crippen MR) is 72.7 cm³/mol. The summed E-state index contributed by atoms with van der Waals surface area (Å²) in [4.78, 5) is 11.2. The van der Waals surface area contributed by atoms with E-state index in [1.807, 2.05) is 14.0 Å². The van der Waals surface area contributed by atoms with Crippen LogP contribution in [0.25, 0.3) is 0 Å². The first kappa shape index (κ1) is 13.9. The van der Waals surface area contributed by atoms with E-state index in [4.69, 9.17) is 0 Å². The Morgan fingerprint density at radius 1 is 1.35 bits per heavy atom. The van der Waals surface area contributed by atoms with Crippen molar-refractivity contribution in [3.05, 3.63) is 17.5 Å². The molecule has 1 aromatic heterocycles. The highest BCUT2D eigenvalue weighted by Crippen LogP contribution is 2.15. The molecule has 1 aromatic rings. The summed E-state index contributed by atoms with van der Waals surface area (Å²) in [6.45, 7) is 11.3. The fourth-order valence-electron chi connectivity index (χ4n) is 1.57. The number of hydrogen-bond donors (Lipinski definition) is 1. The van der Waals surface area contributed by atoms with Gasteiger partial charge in [-0.3, -0.25) is 0 Å². The lowest BCUT2D eigenvalue weighted by atomic mass is 10.1. The topological polar surface area (TPSA) is 41.0 Å². The molecule has 4 nitrogen and oxygen atoms in total. The van der Waals surface area contributed by atoms with Crippen LogP contribution in [0, 0.1) is 6.92 Å². The normalized spacial score (nSPS) is 10.9. The number of hydrogen-bond acceptors (Lipinski definition) is 4. The van der Waals surface area contributed by atoms with Crippen LogP contribution in [0.4, 0.5) is 5.95 Å². The molecule has 0 spiro atoms. The lowest BCUT2D eigenvalue weighted by Gasteiger charge is -2.19. The summed E-state index contributed by atoms with van der Waals surface area (Å²) in [5, 5.41) is 3.30. The van der Waals surface area contributed by atoms with Gasteiger partial charge in [0.1, 0.15) is 0 Å². The Kier molecular flexibility index (Phi) is 5.35. The summed E-state index contributed by atoms with van der Waals surface area (Å²) in [5.41, 5.74) is 2.15. The largest absolute Gasteiger partial charge is 0.343 e. The molecule has 1 rings (SSSR count). The van der Waals surface area contributed by atoms with Crippen molar-refractivity contribution in [3.8, 4) is 0 Å². The third-order valence-corrected chi connectivity index (χ3v) is 2.67. The molecular weight excluding hydrogens is 212 g/mol. The van der Waals surface area contributed by atoms with Gasteiger partial charge in [-0.2, -0.15) is 0 Å². The standard InChI is InChI=1S/C13H24N4/c1-6-14-7-8-17(5)13-15-11(4)9-12(16-13)10(2)3/h9-10,14H,6-8H2,1-5H3. The summed E-state index contributed by atoms with van der Waals surface area (Å²) in [6, 6.07) is 2.06. The molecule has 0 atom stereocenters. The first-order chi connectivity index (χ1) is 8.04. The fourth-order valence-corrected chi connectivity index (χ4v) is 1.57. The molecular formula is C13H24N4. The zero-order valence-corrected chi connectivity index (χ0v) is 11.6. The molecule has 0 aromatic carbocycles.